The number of rotatable bonds is 3. The van der Waals surface area contributed by atoms with E-state index in [1.165, 1.54) is 4.57 Å². The maximum atomic E-state index is 12.8. The molecule has 27 heavy (non-hydrogen) atoms. The van der Waals surface area contributed by atoms with Crippen molar-refractivity contribution in [3.05, 3.63) is 71.0 Å². The molecule has 3 heterocycles. The van der Waals surface area contributed by atoms with Crippen LogP contribution in [0.15, 0.2) is 59.9 Å². The Morgan fingerprint density at radius 2 is 1.93 bits per heavy atom. The van der Waals surface area contributed by atoms with Crippen LogP contribution in [0.3, 0.4) is 0 Å². The van der Waals surface area contributed by atoms with Gasteiger partial charge in [0.25, 0.3) is 11.5 Å². The minimum atomic E-state index is -0.382. The van der Waals surface area contributed by atoms with Crippen molar-refractivity contribution < 1.29 is 4.79 Å². The van der Waals surface area contributed by atoms with Crippen molar-refractivity contribution in [3.8, 4) is 11.5 Å². The van der Waals surface area contributed by atoms with Gasteiger partial charge in [-0.3, -0.25) is 14.2 Å². The second-order valence-corrected chi connectivity index (χ2v) is 6.09. The summed E-state index contributed by atoms with van der Waals surface area (Å²) in [7, 11) is 3.47. The van der Waals surface area contributed by atoms with Gasteiger partial charge in [0, 0.05) is 26.5 Å². The van der Waals surface area contributed by atoms with Crippen LogP contribution in [0, 0.1) is 0 Å². The first kappa shape index (κ1) is 16.6. The van der Waals surface area contributed by atoms with Gasteiger partial charge in [-0.2, -0.15) is 0 Å². The minimum Gasteiger partial charge on any atom is -0.340 e. The molecule has 4 aromatic rings. The van der Waals surface area contributed by atoms with Crippen molar-refractivity contribution in [1.82, 2.24) is 24.1 Å². The molecule has 3 aromatic heterocycles. The molecule has 0 aliphatic heterocycles. The normalized spacial score (nSPS) is 10.9. The largest absolute Gasteiger partial charge is 0.340 e. The third-order valence-corrected chi connectivity index (χ3v) is 4.19. The van der Waals surface area contributed by atoms with Gasteiger partial charge < -0.3 is 9.88 Å². The fraction of sp³-hybridized carbons (Fsp3) is 0.105. The van der Waals surface area contributed by atoms with Crippen LogP contribution in [0.25, 0.3) is 22.4 Å². The predicted octanol–water partition coefficient (Wildman–Crippen LogP) is 1.98. The number of pyridine rings is 1. The zero-order valence-electron chi connectivity index (χ0n) is 14.7. The number of nitrogens with one attached hydrogen (secondary N) is 1. The van der Waals surface area contributed by atoms with Crippen LogP contribution < -0.4 is 10.9 Å². The first-order valence-electron chi connectivity index (χ1n) is 8.25. The van der Waals surface area contributed by atoms with Gasteiger partial charge >= 0.3 is 0 Å². The Balaban J connectivity index is 1.88. The third-order valence-electron chi connectivity index (χ3n) is 4.19. The van der Waals surface area contributed by atoms with Gasteiger partial charge in [0.15, 0.2) is 5.82 Å². The van der Waals surface area contributed by atoms with Gasteiger partial charge in [0.2, 0.25) is 0 Å². The number of aromatic nitrogens is 5. The second-order valence-electron chi connectivity index (χ2n) is 6.09. The van der Waals surface area contributed by atoms with E-state index in [0.717, 1.165) is 0 Å². The molecule has 4 rings (SSSR count). The maximum Gasteiger partial charge on any atom is 0.261 e. The average molecular weight is 360 g/mol. The van der Waals surface area contributed by atoms with Crippen molar-refractivity contribution in [1.29, 1.82) is 0 Å². The van der Waals surface area contributed by atoms with Crippen LogP contribution in [0.5, 0.6) is 0 Å². The molecule has 1 aromatic carbocycles. The van der Waals surface area contributed by atoms with Crippen LogP contribution in [-0.4, -0.2) is 30.0 Å². The molecule has 0 saturated heterocycles. The molecule has 0 atom stereocenters. The molecule has 0 aliphatic carbocycles. The van der Waals surface area contributed by atoms with E-state index in [1.54, 1.807) is 66.7 Å². The predicted molar refractivity (Wildman–Crippen MR) is 101 cm³/mol. The summed E-state index contributed by atoms with van der Waals surface area (Å²) >= 11 is 0. The van der Waals surface area contributed by atoms with Gasteiger partial charge in [-0.15, -0.1) is 0 Å². The molecular formula is C19H16N6O2. The SMILES string of the molecule is Cn1cnc(-c2nc3c(C(=O)Nc4ccccn4)cccc3c(=O)n2C)c1. The van der Waals surface area contributed by atoms with E-state index in [-0.39, 0.29) is 11.5 Å². The summed E-state index contributed by atoms with van der Waals surface area (Å²) in [6.07, 6.45) is 4.99. The summed E-state index contributed by atoms with van der Waals surface area (Å²) in [6.45, 7) is 0. The Bertz CT molecular complexity index is 1210. The van der Waals surface area contributed by atoms with Crippen molar-refractivity contribution in [2.24, 2.45) is 14.1 Å². The smallest absolute Gasteiger partial charge is 0.261 e. The van der Waals surface area contributed by atoms with E-state index >= 15 is 0 Å². The Morgan fingerprint density at radius 1 is 1.07 bits per heavy atom. The number of anilines is 1. The van der Waals surface area contributed by atoms with Gasteiger partial charge in [0.05, 0.1) is 22.8 Å². The fourth-order valence-electron chi connectivity index (χ4n) is 2.86. The number of nitrogens with zero attached hydrogens (tertiary/aromatic N) is 5. The number of carbonyl (C=O) groups is 1. The molecular weight excluding hydrogens is 344 g/mol. The molecule has 0 unspecified atom stereocenters. The molecule has 1 amide bonds. The molecule has 0 aliphatic rings. The standard InChI is InChI=1S/C19H16N6O2/c1-24-10-14(21-11-24)17-23-16-12(6-5-7-13(16)19(27)25(17)2)18(26)22-15-8-3-4-9-20-15/h3-11H,1-2H3,(H,20,22,26). The zero-order valence-corrected chi connectivity index (χ0v) is 14.7. The number of carbonyl (C=O) groups excluding carboxylic acids is 1. The van der Waals surface area contributed by atoms with E-state index < -0.39 is 0 Å². The van der Waals surface area contributed by atoms with E-state index in [9.17, 15) is 9.59 Å². The lowest BCUT2D eigenvalue weighted by atomic mass is 10.1. The molecule has 8 heteroatoms. The molecule has 1 N–H and O–H groups in total. The zero-order chi connectivity index (χ0) is 19.0. The number of aryl methyl sites for hydroxylation is 1. The Kier molecular flexibility index (Phi) is 4.00. The topological polar surface area (TPSA) is 94.7 Å². The highest BCUT2D eigenvalue weighted by atomic mass is 16.2. The highest BCUT2D eigenvalue weighted by molar-refractivity contribution is 6.11. The second kappa shape index (κ2) is 6.49. The number of fused-ring (bicyclic) bond motifs is 1. The summed E-state index contributed by atoms with van der Waals surface area (Å²) in [5.74, 6) is 0.437. The van der Waals surface area contributed by atoms with Crippen LogP contribution in [0.4, 0.5) is 5.82 Å². The lowest BCUT2D eigenvalue weighted by molar-refractivity contribution is 0.102. The van der Waals surface area contributed by atoms with Crippen molar-refractivity contribution in [3.63, 3.8) is 0 Å². The first-order valence-corrected chi connectivity index (χ1v) is 8.25. The number of benzene rings is 1. The van der Waals surface area contributed by atoms with E-state index in [2.05, 4.69) is 20.3 Å². The van der Waals surface area contributed by atoms with Crippen LogP contribution >= 0.6 is 0 Å². The van der Waals surface area contributed by atoms with Gasteiger partial charge in [-0.1, -0.05) is 12.1 Å². The molecule has 8 nitrogen and oxygen atoms in total. The number of imidazole rings is 1. The minimum absolute atomic E-state index is 0.242. The first-order chi connectivity index (χ1) is 13.0. The van der Waals surface area contributed by atoms with E-state index in [1.807, 2.05) is 7.05 Å². The molecule has 0 bridgehead atoms. The Hall–Kier alpha value is -3.81. The lowest BCUT2D eigenvalue weighted by Gasteiger charge is -2.10. The Labute approximate surface area is 154 Å². The van der Waals surface area contributed by atoms with E-state index in [0.29, 0.717) is 33.8 Å². The summed E-state index contributed by atoms with van der Waals surface area (Å²) < 4.78 is 3.20. The van der Waals surface area contributed by atoms with E-state index in [4.69, 9.17) is 0 Å². The number of hydrogen-bond donors (Lipinski definition) is 1. The quantitative estimate of drug-likeness (QED) is 0.603. The monoisotopic (exact) mass is 360 g/mol. The summed E-state index contributed by atoms with van der Waals surface area (Å²) in [5, 5.41) is 3.10. The highest BCUT2D eigenvalue weighted by Crippen LogP contribution is 2.20. The van der Waals surface area contributed by atoms with Crippen LogP contribution in [0.1, 0.15) is 10.4 Å². The fourth-order valence-corrected chi connectivity index (χ4v) is 2.86. The van der Waals surface area contributed by atoms with Gasteiger partial charge in [-0.25, -0.2) is 15.0 Å². The number of para-hydroxylation sites is 1. The van der Waals surface area contributed by atoms with Crippen molar-refractivity contribution >= 4 is 22.6 Å². The lowest BCUT2D eigenvalue weighted by Crippen LogP contribution is -2.22. The summed E-state index contributed by atoms with van der Waals surface area (Å²) in [6, 6.07) is 10.2. The van der Waals surface area contributed by atoms with Crippen molar-refractivity contribution in [2.75, 3.05) is 5.32 Å². The molecule has 0 spiro atoms. The Morgan fingerprint density at radius 3 is 2.63 bits per heavy atom. The van der Waals surface area contributed by atoms with Crippen molar-refractivity contribution in [2.45, 2.75) is 0 Å². The molecule has 134 valence electrons. The number of hydrogen-bond acceptors (Lipinski definition) is 5. The average Bonchev–Trinajstić information content (AvgIpc) is 3.11. The van der Waals surface area contributed by atoms with Gasteiger partial charge in [-0.05, 0) is 24.3 Å². The third kappa shape index (κ3) is 2.97. The maximum absolute atomic E-state index is 12.8. The number of amides is 1. The molecule has 0 fully saturated rings. The summed E-state index contributed by atoms with van der Waals surface area (Å²) in [4.78, 5) is 38.5. The molecule has 0 radical (unpaired) electrons. The van der Waals surface area contributed by atoms with Crippen LogP contribution in [0.2, 0.25) is 0 Å². The van der Waals surface area contributed by atoms with Gasteiger partial charge in [0.1, 0.15) is 11.5 Å². The summed E-state index contributed by atoms with van der Waals surface area (Å²) in [5.41, 5.74) is 0.940. The molecule has 0 saturated carbocycles. The highest BCUT2D eigenvalue weighted by Gasteiger charge is 2.18. The van der Waals surface area contributed by atoms with Crippen LogP contribution in [-0.2, 0) is 14.1 Å².